The number of nitrogens with one attached hydrogen (secondary N) is 1. The van der Waals surface area contributed by atoms with E-state index in [1.807, 2.05) is 16.7 Å². The van der Waals surface area contributed by atoms with Crippen LogP contribution in [0.3, 0.4) is 0 Å². The van der Waals surface area contributed by atoms with Gasteiger partial charge in [-0.25, -0.2) is 0 Å². The summed E-state index contributed by atoms with van der Waals surface area (Å²) in [5.74, 6) is -0.114. The van der Waals surface area contributed by atoms with Crippen LogP contribution >= 0.6 is 23.2 Å². The van der Waals surface area contributed by atoms with Crippen LogP contribution in [0.25, 0.3) is 10.9 Å². The van der Waals surface area contributed by atoms with Gasteiger partial charge in [0.1, 0.15) is 11.3 Å². The minimum Gasteiger partial charge on any atom is -0.497 e. The molecule has 188 valence electrons. The second-order valence-corrected chi connectivity index (χ2v) is 9.31. The van der Waals surface area contributed by atoms with Crippen molar-refractivity contribution in [2.45, 2.75) is 37.0 Å². The summed E-state index contributed by atoms with van der Waals surface area (Å²) in [5.41, 5.74) is -0.0657. The first-order valence-electron chi connectivity index (χ1n) is 10.9. The smallest absolute Gasteiger partial charge is 0.254 e. The highest BCUT2D eigenvalue weighted by Gasteiger charge is 2.51. The molecule has 4 rings (SSSR count). The number of aliphatic hydroxyl groups is 4. The van der Waals surface area contributed by atoms with E-state index in [0.29, 0.717) is 27.7 Å². The molecule has 1 amide bonds. The van der Waals surface area contributed by atoms with Crippen LogP contribution in [-0.4, -0.2) is 75.3 Å². The summed E-state index contributed by atoms with van der Waals surface area (Å²) in [6.45, 7) is -0.833. The van der Waals surface area contributed by atoms with E-state index < -0.39 is 43.2 Å². The van der Waals surface area contributed by atoms with Crippen LogP contribution in [0.1, 0.15) is 22.3 Å². The van der Waals surface area contributed by atoms with Crippen molar-refractivity contribution in [2.24, 2.45) is 0 Å². The van der Waals surface area contributed by atoms with Crippen molar-refractivity contribution >= 4 is 40.0 Å². The number of benzene rings is 2. The summed E-state index contributed by atoms with van der Waals surface area (Å²) in [4.78, 5) is 13.5. The Labute approximate surface area is 211 Å². The number of ether oxygens (including phenoxy) is 2. The van der Waals surface area contributed by atoms with Gasteiger partial charge in [0, 0.05) is 30.1 Å². The van der Waals surface area contributed by atoms with E-state index in [1.165, 1.54) is 7.11 Å². The van der Waals surface area contributed by atoms with Crippen molar-refractivity contribution < 1.29 is 34.7 Å². The lowest BCUT2D eigenvalue weighted by Crippen LogP contribution is -2.70. The summed E-state index contributed by atoms with van der Waals surface area (Å²) in [5, 5.41) is 44.5. The van der Waals surface area contributed by atoms with Gasteiger partial charge in [0.15, 0.2) is 6.29 Å². The van der Waals surface area contributed by atoms with E-state index in [9.17, 15) is 25.2 Å². The van der Waals surface area contributed by atoms with Gasteiger partial charge in [-0.15, -0.1) is 0 Å². The largest absolute Gasteiger partial charge is 0.497 e. The van der Waals surface area contributed by atoms with Crippen molar-refractivity contribution in [1.29, 1.82) is 0 Å². The molecule has 3 aromatic rings. The standard InChI is InChI=1S/C24H26Cl2N2O7/c1-34-14-3-5-20-16(7-14)17(10-28(20)9-13-2-4-18(25)19(26)6-13)22(32)27-24(12-30)21(31)8-15(11-29)35-23(24)33/h2-7,10,15,21,23,29-31,33H,8-9,11-12H2,1H3,(H,27,32)/t15-,21-,23?,24+/m0/s1. The van der Waals surface area contributed by atoms with E-state index in [0.717, 1.165) is 11.1 Å². The lowest BCUT2D eigenvalue weighted by atomic mass is 9.85. The molecular formula is C24H26Cl2N2O7. The van der Waals surface area contributed by atoms with Gasteiger partial charge in [0.25, 0.3) is 5.91 Å². The molecule has 0 aliphatic carbocycles. The van der Waals surface area contributed by atoms with Crippen LogP contribution in [0.4, 0.5) is 0 Å². The van der Waals surface area contributed by atoms with Gasteiger partial charge in [-0.05, 0) is 35.9 Å². The first kappa shape index (κ1) is 25.7. The molecule has 2 heterocycles. The van der Waals surface area contributed by atoms with Crippen molar-refractivity contribution in [1.82, 2.24) is 9.88 Å². The molecule has 9 nitrogen and oxygen atoms in total. The molecule has 11 heteroatoms. The highest BCUT2D eigenvalue weighted by Crippen LogP contribution is 2.32. The lowest BCUT2D eigenvalue weighted by Gasteiger charge is -2.46. The predicted octanol–water partition coefficient (Wildman–Crippen LogP) is 1.93. The monoisotopic (exact) mass is 524 g/mol. The van der Waals surface area contributed by atoms with Gasteiger partial charge in [-0.2, -0.15) is 0 Å². The number of rotatable bonds is 7. The van der Waals surface area contributed by atoms with E-state index in [1.54, 1.807) is 30.5 Å². The number of amides is 1. The molecular weight excluding hydrogens is 499 g/mol. The minimum atomic E-state index is -1.88. The van der Waals surface area contributed by atoms with Crippen LogP contribution in [0.5, 0.6) is 5.75 Å². The molecule has 0 saturated carbocycles. The van der Waals surface area contributed by atoms with Crippen molar-refractivity contribution in [3.63, 3.8) is 0 Å². The molecule has 0 spiro atoms. The maximum absolute atomic E-state index is 13.5. The van der Waals surface area contributed by atoms with Crippen LogP contribution in [-0.2, 0) is 11.3 Å². The predicted molar refractivity (Wildman–Crippen MR) is 130 cm³/mol. The topological polar surface area (TPSA) is 133 Å². The Bertz CT molecular complexity index is 1220. The fourth-order valence-corrected chi connectivity index (χ4v) is 4.62. The van der Waals surface area contributed by atoms with Gasteiger partial charge in [-0.3, -0.25) is 4.79 Å². The zero-order valence-electron chi connectivity index (χ0n) is 18.8. The highest BCUT2D eigenvalue weighted by molar-refractivity contribution is 6.42. The Hall–Kier alpha value is -2.37. The van der Waals surface area contributed by atoms with E-state index in [-0.39, 0.29) is 12.0 Å². The number of aliphatic hydroxyl groups excluding tert-OH is 4. The molecule has 0 radical (unpaired) electrons. The summed E-state index contributed by atoms with van der Waals surface area (Å²) in [6.07, 6.45) is -2.38. The first-order chi connectivity index (χ1) is 16.7. The molecule has 1 unspecified atom stereocenters. The van der Waals surface area contributed by atoms with Gasteiger partial charge >= 0.3 is 0 Å². The Morgan fingerprint density at radius 2 is 1.97 bits per heavy atom. The number of carbonyl (C=O) groups excluding carboxylic acids is 1. The average molecular weight is 525 g/mol. The Morgan fingerprint density at radius 3 is 2.60 bits per heavy atom. The van der Waals surface area contributed by atoms with Crippen molar-refractivity contribution in [3.8, 4) is 5.75 Å². The van der Waals surface area contributed by atoms with E-state index in [4.69, 9.17) is 32.7 Å². The molecule has 35 heavy (non-hydrogen) atoms. The van der Waals surface area contributed by atoms with Gasteiger partial charge in [0.2, 0.25) is 0 Å². The number of hydrogen-bond acceptors (Lipinski definition) is 7. The van der Waals surface area contributed by atoms with E-state index in [2.05, 4.69) is 5.32 Å². The third kappa shape index (κ3) is 4.85. The van der Waals surface area contributed by atoms with Crippen molar-refractivity contribution in [3.05, 3.63) is 63.8 Å². The van der Waals surface area contributed by atoms with Crippen LogP contribution < -0.4 is 10.1 Å². The first-order valence-corrected chi connectivity index (χ1v) is 11.6. The lowest BCUT2D eigenvalue weighted by molar-refractivity contribution is -0.253. The van der Waals surface area contributed by atoms with E-state index >= 15 is 0 Å². The van der Waals surface area contributed by atoms with Gasteiger partial charge in [0.05, 0.1) is 48.1 Å². The van der Waals surface area contributed by atoms with Gasteiger partial charge < -0.3 is 39.8 Å². The minimum absolute atomic E-state index is 0.0820. The maximum Gasteiger partial charge on any atom is 0.254 e. The molecule has 2 aromatic carbocycles. The summed E-state index contributed by atoms with van der Waals surface area (Å²) in [6, 6.07) is 10.5. The zero-order valence-corrected chi connectivity index (χ0v) is 20.3. The third-order valence-electron chi connectivity index (χ3n) is 6.32. The van der Waals surface area contributed by atoms with Gasteiger partial charge in [-0.1, -0.05) is 29.3 Å². The quantitative estimate of drug-likeness (QED) is 0.318. The molecule has 1 aliphatic heterocycles. The number of carbonyl (C=O) groups is 1. The molecule has 1 saturated heterocycles. The molecule has 4 atom stereocenters. The summed E-state index contributed by atoms with van der Waals surface area (Å²) >= 11 is 12.2. The highest BCUT2D eigenvalue weighted by atomic mass is 35.5. The Morgan fingerprint density at radius 1 is 1.20 bits per heavy atom. The number of nitrogens with zero attached hydrogens (tertiary/aromatic N) is 1. The van der Waals surface area contributed by atoms with Crippen LogP contribution in [0.15, 0.2) is 42.6 Å². The summed E-state index contributed by atoms with van der Waals surface area (Å²) in [7, 11) is 1.51. The normalized spacial score (nSPS) is 24.5. The fraction of sp³-hybridized carbons (Fsp3) is 0.375. The SMILES string of the molecule is COc1ccc2c(c1)c(C(=O)N[C@@]1(CO)C(O)O[C@H](CO)C[C@@H]1O)cn2Cc1ccc(Cl)c(Cl)c1. The fourth-order valence-electron chi connectivity index (χ4n) is 4.30. The van der Waals surface area contributed by atoms with Crippen LogP contribution in [0.2, 0.25) is 10.0 Å². The molecule has 5 N–H and O–H groups in total. The second-order valence-electron chi connectivity index (χ2n) is 8.50. The number of hydrogen-bond donors (Lipinski definition) is 5. The Balaban J connectivity index is 1.72. The number of fused-ring (bicyclic) bond motifs is 1. The molecule has 1 aliphatic rings. The van der Waals surface area contributed by atoms with Crippen molar-refractivity contribution in [2.75, 3.05) is 20.3 Å². The third-order valence-corrected chi connectivity index (χ3v) is 7.06. The van der Waals surface area contributed by atoms with Crippen LogP contribution in [0, 0.1) is 0 Å². The molecule has 1 aromatic heterocycles. The molecule has 1 fully saturated rings. The second kappa shape index (κ2) is 10.3. The average Bonchev–Trinajstić information content (AvgIpc) is 3.21. The number of methoxy groups -OCH3 is 1. The Kier molecular flexibility index (Phi) is 7.58. The molecule has 0 bridgehead atoms. The summed E-state index contributed by atoms with van der Waals surface area (Å²) < 4.78 is 12.5. The number of halogens is 2. The zero-order chi connectivity index (χ0) is 25.3. The maximum atomic E-state index is 13.5. The number of aromatic nitrogens is 1.